The van der Waals surface area contributed by atoms with Crippen molar-refractivity contribution in [2.75, 3.05) is 6.54 Å². The van der Waals surface area contributed by atoms with E-state index in [1.54, 1.807) is 11.8 Å². The molecule has 0 aliphatic rings. The van der Waals surface area contributed by atoms with Gasteiger partial charge in [-0.1, -0.05) is 36.0 Å². The molecule has 0 aliphatic heterocycles. The molecule has 0 saturated heterocycles. The van der Waals surface area contributed by atoms with Gasteiger partial charge in [-0.3, -0.25) is 0 Å². The average molecular weight is 272 g/mol. The molecule has 3 heteroatoms. The first kappa shape index (κ1) is 14.1. The third-order valence-corrected chi connectivity index (χ3v) is 4.27. The lowest BCUT2D eigenvalue weighted by atomic mass is 10.1. The van der Waals surface area contributed by atoms with Crippen LogP contribution in [0.4, 0.5) is 0 Å². The van der Waals surface area contributed by atoms with Crippen molar-refractivity contribution in [2.45, 2.75) is 31.0 Å². The van der Waals surface area contributed by atoms with Gasteiger partial charge in [0.1, 0.15) is 0 Å². The summed E-state index contributed by atoms with van der Waals surface area (Å²) in [6, 6.07) is 12.6. The van der Waals surface area contributed by atoms with Crippen molar-refractivity contribution in [3.63, 3.8) is 0 Å². The zero-order valence-electron chi connectivity index (χ0n) is 11.7. The van der Waals surface area contributed by atoms with Crippen LogP contribution >= 0.6 is 11.8 Å². The van der Waals surface area contributed by atoms with Gasteiger partial charge in [-0.05, 0) is 49.6 Å². The molecule has 1 aromatic carbocycles. The molecular formula is C16H20N2S. The average Bonchev–Trinajstić information content (AvgIpc) is 2.36. The lowest BCUT2D eigenvalue weighted by Crippen LogP contribution is -2.10. The molecule has 0 aliphatic carbocycles. The van der Waals surface area contributed by atoms with Gasteiger partial charge in [-0.25, -0.2) is 4.98 Å². The standard InChI is InChI=1S/C16H20N2S/c1-11-8-13(3)18-16(9-11)19-15(10-17)14-7-5-4-6-12(14)2/h4-9,15H,10,17H2,1-3H3. The molecule has 2 N–H and O–H groups in total. The molecule has 19 heavy (non-hydrogen) atoms. The van der Waals surface area contributed by atoms with E-state index in [1.807, 2.05) is 6.92 Å². The van der Waals surface area contributed by atoms with Crippen LogP contribution in [0.15, 0.2) is 41.4 Å². The number of hydrogen-bond donors (Lipinski definition) is 1. The molecule has 0 spiro atoms. The van der Waals surface area contributed by atoms with Crippen molar-refractivity contribution in [3.05, 3.63) is 58.8 Å². The fraction of sp³-hybridized carbons (Fsp3) is 0.312. The topological polar surface area (TPSA) is 38.9 Å². The zero-order valence-corrected chi connectivity index (χ0v) is 12.5. The first-order valence-electron chi connectivity index (χ1n) is 6.47. The van der Waals surface area contributed by atoms with E-state index in [0.29, 0.717) is 6.54 Å². The molecule has 1 aromatic heterocycles. The summed E-state index contributed by atoms with van der Waals surface area (Å²) in [5.41, 5.74) is 10.8. The van der Waals surface area contributed by atoms with Crippen molar-refractivity contribution in [1.82, 2.24) is 4.98 Å². The van der Waals surface area contributed by atoms with Crippen LogP contribution in [0.5, 0.6) is 0 Å². The van der Waals surface area contributed by atoms with Crippen molar-refractivity contribution >= 4 is 11.8 Å². The van der Waals surface area contributed by atoms with Crippen molar-refractivity contribution in [2.24, 2.45) is 5.73 Å². The summed E-state index contributed by atoms with van der Waals surface area (Å²) in [5, 5.41) is 1.31. The Labute approximate surface area is 119 Å². The van der Waals surface area contributed by atoms with Crippen LogP contribution in [0, 0.1) is 20.8 Å². The molecule has 1 heterocycles. The second-order valence-corrected chi connectivity index (χ2v) is 6.05. The molecule has 0 saturated carbocycles. The SMILES string of the molecule is Cc1cc(C)nc(SC(CN)c2ccccc2C)c1. The number of pyridine rings is 1. The van der Waals surface area contributed by atoms with Crippen LogP contribution < -0.4 is 5.73 Å². The van der Waals surface area contributed by atoms with Crippen molar-refractivity contribution in [3.8, 4) is 0 Å². The van der Waals surface area contributed by atoms with Crippen LogP contribution in [0.1, 0.15) is 27.6 Å². The van der Waals surface area contributed by atoms with Gasteiger partial charge in [0.05, 0.1) is 5.03 Å². The minimum Gasteiger partial charge on any atom is -0.329 e. The van der Waals surface area contributed by atoms with Gasteiger partial charge in [-0.15, -0.1) is 0 Å². The van der Waals surface area contributed by atoms with Gasteiger partial charge >= 0.3 is 0 Å². The van der Waals surface area contributed by atoms with Gasteiger partial charge in [0.2, 0.25) is 0 Å². The van der Waals surface area contributed by atoms with Crippen LogP contribution in [0.2, 0.25) is 0 Å². The molecule has 0 amide bonds. The van der Waals surface area contributed by atoms with Crippen LogP contribution in [-0.2, 0) is 0 Å². The molecular weight excluding hydrogens is 252 g/mol. The Kier molecular flexibility index (Phi) is 4.61. The quantitative estimate of drug-likeness (QED) is 0.860. The maximum Gasteiger partial charge on any atom is 0.0972 e. The van der Waals surface area contributed by atoms with E-state index < -0.39 is 0 Å². The maximum absolute atomic E-state index is 5.95. The predicted molar refractivity (Wildman–Crippen MR) is 82.5 cm³/mol. The van der Waals surface area contributed by atoms with Crippen LogP contribution in [-0.4, -0.2) is 11.5 Å². The normalized spacial score (nSPS) is 12.4. The molecule has 2 rings (SSSR count). The first-order chi connectivity index (χ1) is 9.10. The summed E-state index contributed by atoms with van der Waals surface area (Å²) in [6.45, 7) is 6.88. The second-order valence-electron chi connectivity index (χ2n) is 4.82. The predicted octanol–water partition coefficient (Wildman–Crippen LogP) is 3.80. The van der Waals surface area contributed by atoms with Crippen molar-refractivity contribution < 1.29 is 0 Å². The Morgan fingerprint density at radius 1 is 1.16 bits per heavy atom. The Hall–Kier alpha value is -1.32. The lowest BCUT2D eigenvalue weighted by molar-refractivity contribution is 0.922. The minimum atomic E-state index is 0.259. The van der Waals surface area contributed by atoms with Crippen LogP contribution in [0.25, 0.3) is 0 Å². The highest BCUT2D eigenvalue weighted by molar-refractivity contribution is 7.99. The maximum atomic E-state index is 5.95. The monoisotopic (exact) mass is 272 g/mol. The zero-order chi connectivity index (χ0) is 13.8. The Balaban J connectivity index is 2.26. The summed E-state index contributed by atoms with van der Waals surface area (Å²) in [6.07, 6.45) is 0. The number of thioether (sulfide) groups is 1. The van der Waals surface area contributed by atoms with Gasteiger partial charge in [-0.2, -0.15) is 0 Å². The number of aromatic nitrogens is 1. The summed E-state index contributed by atoms with van der Waals surface area (Å²) in [7, 11) is 0. The van der Waals surface area contributed by atoms with Gasteiger partial charge in [0.25, 0.3) is 0 Å². The summed E-state index contributed by atoms with van der Waals surface area (Å²) < 4.78 is 0. The van der Waals surface area contributed by atoms with Gasteiger partial charge < -0.3 is 5.73 Å². The number of hydrogen-bond acceptors (Lipinski definition) is 3. The van der Waals surface area contributed by atoms with Gasteiger partial charge in [0.15, 0.2) is 0 Å². The second kappa shape index (κ2) is 6.22. The molecule has 0 fully saturated rings. The molecule has 1 atom stereocenters. The van der Waals surface area contributed by atoms with E-state index in [4.69, 9.17) is 5.73 Å². The largest absolute Gasteiger partial charge is 0.329 e. The third-order valence-electron chi connectivity index (χ3n) is 3.09. The van der Waals surface area contributed by atoms with E-state index in [9.17, 15) is 0 Å². The number of nitrogens with two attached hydrogens (primary N) is 1. The molecule has 0 bridgehead atoms. The summed E-state index contributed by atoms with van der Waals surface area (Å²) >= 11 is 1.75. The van der Waals surface area contributed by atoms with Crippen molar-refractivity contribution in [1.29, 1.82) is 0 Å². The highest BCUT2D eigenvalue weighted by Crippen LogP contribution is 2.35. The Morgan fingerprint density at radius 3 is 2.53 bits per heavy atom. The molecule has 100 valence electrons. The minimum absolute atomic E-state index is 0.259. The summed E-state index contributed by atoms with van der Waals surface area (Å²) in [5.74, 6) is 0. The highest BCUT2D eigenvalue weighted by atomic mass is 32.2. The van der Waals surface area contributed by atoms with E-state index in [2.05, 4.69) is 55.2 Å². The lowest BCUT2D eigenvalue weighted by Gasteiger charge is -2.17. The van der Waals surface area contributed by atoms with E-state index in [0.717, 1.165) is 10.7 Å². The van der Waals surface area contributed by atoms with E-state index >= 15 is 0 Å². The van der Waals surface area contributed by atoms with Crippen LogP contribution in [0.3, 0.4) is 0 Å². The molecule has 2 nitrogen and oxygen atoms in total. The number of rotatable bonds is 4. The summed E-state index contributed by atoms with van der Waals surface area (Å²) in [4.78, 5) is 4.58. The Morgan fingerprint density at radius 2 is 1.89 bits per heavy atom. The fourth-order valence-corrected chi connectivity index (χ4v) is 3.43. The third kappa shape index (κ3) is 3.58. The fourth-order valence-electron chi connectivity index (χ4n) is 2.20. The molecule has 2 aromatic rings. The Bertz CT molecular complexity index is 546. The molecule has 1 unspecified atom stereocenters. The first-order valence-corrected chi connectivity index (χ1v) is 7.35. The highest BCUT2D eigenvalue weighted by Gasteiger charge is 2.14. The number of nitrogens with zero attached hydrogens (tertiary/aromatic N) is 1. The van der Waals surface area contributed by atoms with E-state index in [1.165, 1.54) is 16.7 Å². The van der Waals surface area contributed by atoms with E-state index in [-0.39, 0.29) is 5.25 Å². The molecule has 0 radical (unpaired) electrons. The number of benzene rings is 1. The smallest absolute Gasteiger partial charge is 0.0972 e. The number of aryl methyl sites for hydroxylation is 3. The van der Waals surface area contributed by atoms with Gasteiger partial charge in [0, 0.05) is 17.5 Å².